The molecule has 1 fully saturated rings. The minimum Gasteiger partial charge on any atom is -0.382 e. The van der Waals surface area contributed by atoms with Crippen molar-refractivity contribution in [1.82, 2.24) is 0 Å². The molecule has 1 heterocycles. The zero-order valence-corrected chi connectivity index (χ0v) is 12.6. The van der Waals surface area contributed by atoms with Gasteiger partial charge in [0.15, 0.2) is 0 Å². The van der Waals surface area contributed by atoms with Crippen LogP contribution in [-0.2, 0) is 4.74 Å². The number of nitrogens with one attached hydrogen (secondary N) is 1. The van der Waals surface area contributed by atoms with Crippen molar-refractivity contribution in [3.05, 3.63) is 40.9 Å². The fourth-order valence-corrected chi connectivity index (χ4v) is 3.01. The Bertz CT molecular complexity index is 578. The molecule has 2 atom stereocenters. The van der Waals surface area contributed by atoms with Gasteiger partial charge in [-0.3, -0.25) is 0 Å². The van der Waals surface area contributed by atoms with Crippen molar-refractivity contribution in [2.24, 2.45) is 5.92 Å². The molecule has 0 spiro atoms. The number of ether oxygens (including phenoxy) is 1. The molecule has 0 bridgehead atoms. The first kappa shape index (κ1) is 12.9. The monoisotopic (exact) mass is 319 g/mol. The zero-order valence-electron chi connectivity index (χ0n) is 11.0. The molecule has 0 radical (unpaired) electrons. The minimum atomic E-state index is 0.454. The Hall–Kier alpha value is -1.06. The van der Waals surface area contributed by atoms with Crippen LogP contribution in [0.4, 0.5) is 5.69 Å². The maximum Gasteiger partial charge on any atom is 0.0514 e. The van der Waals surface area contributed by atoms with E-state index in [2.05, 4.69) is 64.6 Å². The van der Waals surface area contributed by atoms with Crippen LogP contribution in [0.1, 0.15) is 13.3 Å². The average molecular weight is 320 g/mol. The highest BCUT2D eigenvalue weighted by molar-refractivity contribution is 9.10. The van der Waals surface area contributed by atoms with E-state index in [4.69, 9.17) is 4.74 Å². The van der Waals surface area contributed by atoms with Crippen LogP contribution in [0.15, 0.2) is 40.9 Å². The third kappa shape index (κ3) is 2.93. The summed E-state index contributed by atoms with van der Waals surface area (Å²) < 4.78 is 6.58. The predicted octanol–water partition coefficient (Wildman–Crippen LogP) is 4.44. The third-order valence-corrected chi connectivity index (χ3v) is 4.36. The molecule has 100 valence electrons. The second-order valence-electron chi connectivity index (χ2n) is 5.26. The molecule has 1 saturated heterocycles. The first-order valence-corrected chi connectivity index (χ1v) is 7.55. The number of fused-ring (bicyclic) bond motifs is 1. The average Bonchev–Trinajstić information content (AvgIpc) is 2.93. The van der Waals surface area contributed by atoms with Crippen molar-refractivity contribution in [3.8, 4) is 0 Å². The number of anilines is 1. The van der Waals surface area contributed by atoms with Gasteiger partial charge < -0.3 is 10.1 Å². The SMILES string of the molecule is CC(Nc1ccc2cc(Br)ccc2c1)C1CCOC1. The Balaban J connectivity index is 1.79. The minimum absolute atomic E-state index is 0.454. The first-order valence-electron chi connectivity index (χ1n) is 6.76. The van der Waals surface area contributed by atoms with Crippen LogP contribution in [0.2, 0.25) is 0 Å². The van der Waals surface area contributed by atoms with E-state index in [1.54, 1.807) is 0 Å². The van der Waals surface area contributed by atoms with E-state index in [0.717, 1.165) is 24.1 Å². The lowest BCUT2D eigenvalue weighted by Gasteiger charge is -2.20. The summed E-state index contributed by atoms with van der Waals surface area (Å²) in [6.07, 6.45) is 1.16. The number of hydrogen-bond donors (Lipinski definition) is 1. The molecule has 1 aliphatic rings. The van der Waals surface area contributed by atoms with Crippen molar-refractivity contribution in [1.29, 1.82) is 0 Å². The van der Waals surface area contributed by atoms with Crippen LogP contribution < -0.4 is 5.32 Å². The molecule has 0 aliphatic carbocycles. The molecule has 19 heavy (non-hydrogen) atoms. The van der Waals surface area contributed by atoms with Gasteiger partial charge in [0.2, 0.25) is 0 Å². The molecule has 2 aromatic carbocycles. The van der Waals surface area contributed by atoms with Gasteiger partial charge in [-0.2, -0.15) is 0 Å². The Kier molecular flexibility index (Phi) is 3.76. The molecule has 0 saturated carbocycles. The van der Waals surface area contributed by atoms with Crippen LogP contribution in [0.5, 0.6) is 0 Å². The van der Waals surface area contributed by atoms with Crippen LogP contribution >= 0.6 is 15.9 Å². The highest BCUT2D eigenvalue weighted by Crippen LogP contribution is 2.25. The Morgan fingerprint density at radius 2 is 2.00 bits per heavy atom. The Morgan fingerprint density at radius 1 is 1.21 bits per heavy atom. The molecule has 2 nitrogen and oxygen atoms in total. The second-order valence-corrected chi connectivity index (χ2v) is 6.18. The molecule has 0 aromatic heterocycles. The van der Waals surface area contributed by atoms with E-state index in [1.807, 2.05) is 0 Å². The number of hydrogen-bond acceptors (Lipinski definition) is 2. The van der Waals surface area contributed by atoms with E-state index in [1.165, 1.54) is 16.5 Å². The highest BCUT2D eigenvalue weighted by Gasteiger charge is 2.21. The summed E-state index contributed by atoms with van der Waals surface area (Å²) in [6.45, 7) is 4.03. The highest BCUT2D eigenvalue weighted by atomic mass is 79.9. The lowest BCUT2D eigenvalue weighted by Crippen LogP contribution is -2.26. The largest absolute Gasteiger partial charge is 0.382 e. The summed E-state index contributed by atoms with van der Waals surface area (Å²) in [4.78, 5) is 0. The molecule has 0 amide bonds. The van der Waals surface area contributed by atoms with E-state index in [9.17, 15) is 0 Å². The summed E-state index contributed by atoms with van der Waals surface area (Å²) in [5, 5.41) is 6.13. The lowest BCUT2D eigenvalue weighted by molar-refractivity contribution is 0.183. The quantitative estimate of drug-likeness (QED) is 0.903. The maximum absolute atomic E-state index is 5.45. The van der Waals surface area contributed by atoms with E-state index in [0.29, 0.717) is 12.0 Å². The van der Waals surface area contributed by atoms with Gasteiger partial charge in [0.1, 0.15) is 0 Å². The zero-order chi connectivity index (χ0) is 13.2. The number of halogens is 1. The van der Waals surface area contributed by atoms with Crippen LogP contribution in [0, 0.1) is 5.92 Å². The lowest BCUT2D eigenvalue weighted by atomic mass is 10.00. The second kappa shape index (κ2) is 5.51. The van der Waals surface area contributed by atoms with Gasteiger partial charge in [0, 0.05) is 28.7 Å². The topological polar surface area (TPSA) is 21.3 Å². The predicted molar refractivity (Wildman–Crippen MR) is 83.7 cm³/mol. The molecule has 1 N–H and O–H groups in total. The molecule has 3 heteroatoms. The van der Waals surface area contributed by atoms with Crippen molar-refractivity contribution in [2.75, 3.05) is 18.5 Å². The third-order valence-electron chi connectivity index (χ3n) is 3.87. The molecular formula is C16H18BrNO. The van der Waals surface area contributed by atoms with Gasteiger partial charge in [-0.05, 0) is 48.4 Å². The normalized spacial score (nSPS) is 20.6. The fraction of sp³-hybridized carbons (Fsp3) is 0.375. The van der Waals surface area contributed by atoms with Gasteiger partial charge in [0.25, 0.3) is 0 Å². The molecule has 2 unspecified atom stereocenters. The van der Waals surface area contributed by atoms with Gasteiger partial charge in [0.05, 0.1) is 6.61 Å². The van der Waals surface area contributed by atoms with E-state index < -0.39 is 0 Å². The van der Waals surface area contributed by atoms with Crippen molar-refractivity contribution in [2.45, 2.75) is 19.4 Å². The summed E-state index contributed by atoms with van der Waals surface area (Å²) in [5.41, 5.74) is 1.19. The molecule has 1 aliphatic heterocycles. The molecule has 2 aromatic rings. The number of rotatable bonds is 3. The van der Waals surface area contributed by atoms with Crippen LogP contribution in [0.25, 0.3) is 10.8 Å². The van der Waals surface area contributed by atoms with Gasteiger partial charge in [-0.1, -0.05) is 28.1 Å². The summed E-state index contributed by atoms with van der Waals surface area (Å²) in [6, 6.07) is 13.4. The van der Waals surface area contributed by atoms with Crippen LogP contribution in [0.3, 0.4) is 0 Å². The van der Waals surface area contributed by atoms with Crippen LogP contribution in [-0.4, -0.2) is 19.3 Å². The van der Waals surface area contributed by atoms with Crippen molar-refractivity contribution < 1.29 is 4.74 Å². The Morgan fingerprint density at radius 3 is 2.79 bits per heavy atom. The fourth-order valence-electron chi connectivity index (χ4n) is 2.63. The van der Waals surface area contributed by atoms with Gasteiger partial charge in [-0.15, -0.1) is 0 Å². The van der Waals surface area contributed by atoms with Gasteiger partial charge >= 0.3 is 0 Å². The molecule has 3 rings (SSSR count). The molecular weight excluding hydrogens is 302 g/mol. The summed E-state index contributed by atoms with van der Waals surface area (Å²) >= 11 is 3.51. The van der Waals surface area contributed by atoms with E-state index in [-0.39, 0.29) is 0 Å². The Labute approximate surface area is 122 Å². The van der Waals surface area contributed by atoms with Gasteiger partial charge in [-0.25, -0.2) is 0 Å². The maximum atomic E-state index is 5.45. The summed E-state index contributed by atoms with van der Waals surface area (Å²) in [5.74, 6) is 0.626. The van der Waals surface area contributed by atoms with Crippen molar-refractivity contribution >= 4 is 32.4 Å². The first-order chi connectivity index (χ1) is 9.22. The smallest absolute Gasteiger partial charge is 0.0514 e. The summed E-state index contributed by atoms with van der Waals surface area (Å²) in [7, 11) is 0. The van der Waals surface area contributed by atoms with Crippen molar-refractivity contribution in [3.63, 3.8) is 0 Å². The van der Waals surface area contributed by atoms with E-state index >= 15 is 0 Å². The standard InChI is InChI=1S/C16H18BrNO/c1-11(14-6-7-19-10-14)18-16-5-3-12-8-15(17)4-2-13(12)9-16/h2-5,8-9,11,14,18H,6-7,10H2,1H3. The number of benzene rings is 2.